The van der Waals surface area contributed by atoms with Crippen LogP contribution in [0.4, 0.5) is 0 Å². The van der Waals surface area contributed by atoms with Crippen molar-refractivity contribution in [1.29, 1.82) is 0 Å². The van der Waals surface area contributed by atoms with E-state index in [1.807, 2.05) is 42.5 Å². The van der Waals surface area contributed by atoms with Gasteiger partial charge in [0.15, 0.2) is 6.10 Å². The topological polar surface area (TPSA) is 56.3 Å². The van der Waals surface area contributed by atoms with Gasteiger partial charge in [-0.25, -0.2) is 9.78 Å². The number of aromatic nitrogens is 1. The molecule has 37 heavy (non-hydrogen) atoms. The quantitative estimate of drug-likeness (QED) is 0.166. The summed E-state index contributed by atoms with van der Waals surface area (Å²) >= 11 is 6.07. The number of para-hydroxylation sites is 1. The number of carbonyl (C=O) groups is 2. The van der Waals surface area contributed by atoms with Gasteiger partial charge in [-0.05, 0) is 36.2 Å². The predicted molar refractivity (Wildman–Crippen MR) is 147 cm³/mol. The third-order valence-corrected chi connectivity index (χ3v) is 6.54. The van der Waals surface area contributed by atoms with Crippen LogP contribution in [0, 0.1) is 0 Å². The van der Waals surface area contributed by atoms with Crippen molar-refractivity contribution in [2.45, 2.75) is 19.4 Å². The fourth-order valence-corrected chi connectivity index (χ4v) is 4.36. The lowest BCUT2D eigenvalue weighted by atomic mass is 9.99. The molecule has 0 saturated heterocycles. The second-order valence-corrected chi connectivity index (χ2v) is 9.13. The zero-order chi connectivity index (χ0) is 25.8. The van der Waals surface area contributed by atoms with Gasteiger partial charge in [-0.1, -0.05) is 103 Å². The molecule has 0 spiro atoms. The molecule has 5 aromatic rings. The first-order valence-electron chi connectivity index (χ1n) is 12.1. The highest BCUT2D eigenvalue weighted by molar-refractivity contribution is 6.30. The first-order valence-corrected chi connectivity index (χ1v) is 12.5. The van der Waals surface area contributed by atoms with E-state index in [0.717, 1.165) is 12.0 Å². The SMILES string of the molecule is CCc1ccc(-c2cc(C(=O)OC(C(=O)c3ccccc3)c3ccc(Cl)cc3)c3ccccc3n2)cc1. The smallest absolute Gasteiger partial charge is 0.339 e. The maximum Gasteiger partial charge on any atom is 0.339 e. The number of Topliss-reactive ketones (excluding diaryl/α,β-unsaturated/α-hetero) is 1. The Morgan fingerprint density at radius 1 is 0.838 bits per heavy atom. The third-order valence-electron chi connectivity index (χ3n) is 6.29. The van der Waals surface area contributed by atoms with Crippen LogP contribution in [0.2, 0.25) is 5.02 Å². The standard InChI is InChI=1S/C32H24ClNO3/c1-2-21-12-14-22(15-13-21)29-20-27(26-10-6-7-11-28(26)34-29)32(36)37-31(24-16-18-25(33)19-17-24)30(35)23-8-4-3-5-9-23/h3-20,31H,2H2,1H3. The Hall–Kier alpha value is -4.28. The number of halogens is 1. The van der Waals surface area contributed by atoms with Crippen molar-refractivity contribution in [3.05, 3.63) is 136 Å². The molecule has 0 N–H and O–H groups in total. The van der Waals surface area contributed by atoms with Gasteiger partial charge in [0, 0.05) is 27.1 Å². The second kappa shape index (κ2) is 10.8. The molecular formula is C32H24ClNO3. The Bertz CT molecular complexity index is 1560. The molecule has 5 rings (SSSR count). The monoisotopic (exact) mass is 505 g/mol. The number of benzene rings is 4. The van der Waals surface area contributed by atoms with E-state index in [2.05, 4.69) is 19.1 Å². The maximum atomic E-state index is 13.7. The van der Waals surface area contributed by atoms with E-state index >= 15 is 0 Å². The number of rotatable bonds is 7. The highest BCUT2D eigenvalue weighted by Crippen LogP contribution is 2.30. The minimum absolute atomic E-state index is 0.315. The zero-order valence-corrected chi connectivity index (χ0v) is 21.0. The Labute approximate surface area is 220 Å². The van der Waals surface area contributed by atoms with Crippen molar-refractivity contribution in [1.82, 2.24) is 4.98 Å². The predicted octanol–water partition coefficient (Wildman–Crippen LogP) is 7.90. The molecule has 5 heteroatoms. The van der Waals surface area contributed by atoms with E-state index in [1.54, 1.807) is 54.6 Å². The van der Waals surface area contributed by atoms with Crippen molar-refractivity contribution >= 4 is 34.3 Å². The molecule has 0 amide bonds. The largest absolute Gasteiger partial charge is 0.445 e. The van der Waals surface area contributed by atoms with Gasteiger partial charge in [-0.3, -0.25) is 4.79 Å². The number of nitrogens with zero attached hydrogens (tertiary/aromatic N) is 1. The molecule has 1 unspecified atom stereocenters. The minimum Gasteiger partial charge on any atom is -0.445 e. The molecule has 0 aliphatic heterocycles. The van der Waals surface area contributed by atoms with Gasteiger partial charge in [0.1, 0.15) is 0 Å². The Morgan fingerprint density at radius 3 is 2.22 bits per heavy atom. The third kappa shape index (κ3) is 5.30. The summed E-state index contributed by atoms with van der Waals surface area (Å²) < 4.78 is 5.95. The Balaban J connectivity index is 1.56. The van der Waals surface area contributed by atoms with Gasteiger partial charge >= 0.3 is 5.97 Å². The van der Waals surface area contributed by atoms with E-state index in [4.69, 9.17) is 21.3 Å². The first kappa shape index (κ1) is 24.4. The molecule has 0 aliphatic carbocycles. The van der Waals surface area contributed by atoms with Gasteiger partial charge in [-0.15, -0.1) is 0 Å². The van der Waals surface area contributed by atoms with Crippen LogP contribution in [0.25, 0.3) is 22.2 Å². The van der Waals surface area contributed by atoms with Crippen LogP contribution in [0.5, 0.6) is 0 Å². The van der Waals surface area contributed by atoms with Gasteiger partial charge in [0.25, 0.3) is 0 Å². The van der Waals surface area contributed by atoms with Gasteiger partial charge < -0.3 is 4.74 Å². The molecule has 0 radical (unpaired) electrons. The number of hydrogen-bond donors (Lipinski definition) is 0. The van der Waals surface area contributed by atoms with Gasteiger partial charge in [-0.2, -0.15) is 0 Å². The van der Waals surface area contributed by atoms with Crippen LogP contribution < -0.4 is 0 Å². The number of hydrogen-bond acceptors (Lipinski definition) is 4. The van der Waals surface area contributed by atoms with Gasteiger partial charge in [0.2, 0.25) is 5.78 Å². The van der Waals surface area contributed by atoms with E-state index in [1.165, 1.54) is 5.56 Å². The molecule has 4 aromatic carbocycles. The van der Waals surface area contributed by atoms with Crippen LogP contribution in [0.3, 0.4) is 0 Å². The lowest BCUT2D eigenvalue weighted by Crippen LogP contribution is -2.20. The molecule has 4 nitrogen and oxygen atoms in total. The first-order chi connectivity index (χ1) is 18.0. The number of fused-ring (bicyclic) bond motifs is 1. The molecule has 182 valence electrons. The average Bonchev–Trinajstić information content (AvgIpc) is 2.96. The van der Waals surface area contributed by atoms with E-state index < -0.39 is 12.1 Å². The number of pyridine rings is 1. The van der Waals surface area contributed by atoms with Crippen molar-refractivity contribution < 1.29 is 14.3 Å². The highest BCUT2D eigenvalue weighted by Gasteiger charge is 2.28. The zero-order valence-electron chi connectivity index (χ0n) is 20.2. The normalized spacial score (nSPS) is 11.7. The number of ketones is 1. The summed E-state index contributed by atoms with van der Waals surface area (Å²) in [4.78, 5) is 32.0. The average molecular weight is 506 g/mol. The maximum absolute atomic E-state index is 13.7. The lowest BCUT2D eigenvalue weighted by molar-refractivity contribution is 0.0282. The van der Waals surface area contributed by atoms with E-state index in [9.17, 15) is 9.59 Å². The molecule has 1 atom stereocenters. The van der Waals surface area contributed by atoms with Crippen LogP contribution in [0.15, 0.2) is 109 Å². The minimum atomic E-state index is -1.13. The summed E-state index contributed by atoms with van der Waals surface area (Å²) in [6, 6.07) is 32.8. The summed E-state index contributed by atoms with van der Waals surface area (Å²) in [6.45, 7) is 2.10. The van der Waals surface area contributed by atoms with E-state index in [-0.39, 0.29) is 5.78 Å². The molecular weight excluding hydrogens is 482 g/mol. The molecule has 0 saturated carbocycles. The Morgan fingerprint density at radius 2 is 1.51 bits per heavy atom. The molecule has 0 aliphatic rings. The summed E-state index contributed by atoms with van der Waals surface area (Å²) in [5.41, 5.74) is 4.78. The van der Waals surface area contributed by atoms with Crippen LogP contribution in [0.1, 0.15) is 44.9 Å². The summed E-state index contributed by atoms with van der Waals surface area (Å²) in [7, 11) is 0. The van der Waals surface area contributed by atoms with Gasteiger partial charge in [0.05, 0.1) is 16.8 Å². The van der Waals surface area contributed by atoms with E-state index in [0.29, 0.717) is 38.3 Å². The second-order valence-electron chi connectivity index (χ2n) is 8.69. The molecule has 1 aromatic heterocycles. The molecule has 0 bridgehead atoms. The molecule has 0 fully saturated rings. The van der Waals surface area contributed by atoms with Crippen molar-refractivity contribution in [2.24, 2.45) is 0 Å². The van der Waals surface area contributed by atoms with Crippen LogP contribution in [-0.2, 0) is 11.2 Å². The van der Waals surface area contributed by atoms with Crippen molar-refractivity contribution in [3.63, 3.8) is 0 Å². The van der Waals surface area contributed by atoms with Crippen LogP contribution >= 0.6 is 11.6 Å². The number of esters is 1. The summed E-state index contributed by atoms with van der Waals surface area (Å²) in [5.74, 6) is -0.917. The summed E-state index contributed by atoms with van der Waals surface area (Å²) in [5, 5.41) is 1.18. The lowest BCUT2D eigenvalue weighted by Gasteiger charge is -2.19. The fraction of sp³-hybridized carbons (Fsp3) is 0.0938. The number of aryl methyl sites for hydroxylation is 1. The van der Waals surface area contributed by atoms with Crippen molar-refractivity contribution in [2.75, 3.05) is 0 Å². The number of carbonyl (C=O) groups excluding carboxylic acids is 2. The van der Waals surface area contributed by atoms with Crippen LogP contribution in [-0.4, -0.2) is 16.7 Å². The fourth-order valence-electron chi connectivity index (χ4n) is 4.24. The van der Waals surface area contributed by atoms with Crippen molar-refractivity contribution in [3.8, 4) is 11.3 Å². The Kier molecular flexibility index (Phi) is 7.11. The molecule has 1 heterocycles. The highest BCUT2D eigenvalue weighted by atomic mass is 35.5. The number of ether oxygens (including phenoxy) is 1. The summed E-state index contributed by atoms with van der Waals surface area (Å²) in [6.07, 6.45) is -0.198.